The van der Waals surface area contributed by atoms with Gasteiger partial charge in [-0.3, -0.25) is 10.1 Å². The summed E-state index contributed by atoms with van der Waals surface area (Å²) in [5.41, 5.74) is 18.3. The Morgan fingerprint density at radius 2 is 0.799 bits per heavy atom. The number of ether oxygens (including phenoxy) is 4. The maximum Gasteiger partial charge on any atom is 0.269 e. The molecule has 0 aliphatic carbocycles. The number of unbranched alkanes of at least 4 members (excludes halogenated alkanes) is 13. The molecule has 0 unspecified atom stereocenters. The number of benzene rings is 10. The minimum absolute atomic E-state index is 0.171. The van der Waals surface area contributed by atoms with E-state index in [1.165, 1.54) is 194 Å². The zero-order valence-corrected chi connectivity index (χ0v) is 91.7. The topological polar surface area (TPSA) is 122 Å². The highest BCUT2D eigenvalue weighted by molar-refractivity contribution is 7.09. The molecule has 139 heavy (non-hydrogen) atoms. The molecule has 0 amide bonds. The molecule has 0 atom stereocenters. The summed E-state index contributed by atoms with van der Waals surface area (Å²) in [5.74, 6) is 4.58. The molecule has 0 saturated heterocycles. The van der Waals surface area contributed by atoms with Crippen molar-refractivity contribution in [1.29, 1.82) is 5.26 Å². The summed E-state index contributed by atoms with van der Waals surface area (Å²) in [7, 11) is 7.04. The molecule has 10 nitrogen and oxygen atoms in total. The lowest BCUT2D eigenvalue weighted by molar-refractivity contribution is -0.384. The van der Waals surface area contributed by atoms with E-state index in [0.717, 1.165) is 139 Å². The van der Waals surface area contributed by atoms with Crippen molar-refractivity contribution < 1.29 is 28.3 Å². The van der Waals surface area contributed by atoms with E-state index in [4.69, 9.17) is 63.4 Å². The molecule has 0 N–H and O–H groups in total. The first-order valence-electron chi connectivity index (χ1n) is 51.4. The van der Waals surface area contributed by atoms with Gasteiger partial charge in [0.25, 0.3) is 5.69 Å². The van der Waals surface area contributed by atoms with Crippen LogP contribution in [0.25, 0.3) is 0 Å². The van der Waals surface area contributed by atoms with Gasteiger partial charge in [0.1, 0.15) is 17.3 Å². The lowest BCUT2D eigenvalue weighted by Crippen LogP contribution is -1.97. The minimum atomic E-state index is -0.376. The summed E-state index contributed by atoms with van der Waals surface area (Å²) in [5, 5.41) is 23.1. The number of hydrogen-bond donors (Lipinski definition) is 0. The molecule has 0 spiro atoms. The lowest BCUT2D eigenvalue weighted by atomic mass is 10.0. The zero-order chi connectivity index (χ0) is 103. The second kappa shape index (κ2) is 85.4. The third kappa shape index (κ3) is 63.0. The fourth-order valence-corrected chi connectivity index (χ4v) is 14.8. The van der Waals surface area contributed by atoms with Crippen molar-refractivity contribution in [2.45, 2.75) is 310 Å². The Morgan fingerprint density at radius 3 is 1.18 bits per heavy atom. The number of hydrogen-bond acceptors (Lipinski definition) is 9. The Balaban J connectivity index is 0.000000761. The van der Waals surface area contributed by atoms with Gasteiger partial charge in [-0.05, 0) is 278 Å². The summed E-state index contributed by atoms with van der Waals surface area (Å²) >= 11 is 19.0. The molecule has 3 heterocycles. The summed E-state index contributed by atoms with van der Waals surface area (Å²) in [6.45, 7) is 35.2. The van der Waals surface area contributed by atoms with E-state index < -0.39 is 0 Å². The Bertz CT molecular complexity index is 5000. The molecule has 13 rings (SSSR count). The SMILES string of the molecule is CCCCCCCCCCCCCc1ccc(CC)cc1.CCCCCCOc1ccc(CC)cc1.CCCc1ccc(CC)cc1.CCc1ccc(C#N)cc1.CCc1ccc(Cl)cc1.CCc1ccc(Cl)cc1Cl.CCc1ccc(OC)c(OC)c1.CCc1ccc(OC)cc1.CCc1cccc([N+](=O)[O-])c1.CCc1ccccc1.CCc1cccn1C.CCc1ccco1.CCc1cccs1. The quantitative estimate of drug-likeness (QED) is 0.0214. The van der Waals surface area contributed by atoms with Crippen molar-refractivity contribution in [3.63, 3.8) is 0 Å². The fraction of sp³-hybridized carbons (Fsp3) is 0.416. The molecule has 756 valence electrons. The average Bonchev–Trinajstić information content (AvgIpc) is 1.08. The van der Waals surface area contributed by atoms with Crippen molar-refractivity contribution in [1.82, 2.24) is 4.57 Å². The average molecular weight is 1970 g/mol. The summed E-state index contributed by atoms with van der Waals surface area (Å²) in [4.78, 5) is 11.4. The van der Waals surface area contributed by atoms with Gasteiger partial charge in [0.15, 0.2) is 11.5 Å². The van der Waals surface area contributed by atoms with Crippen LogP contribution in [0, 0.1) is 21.4 Å². The van der Waals surface area contributed by atoms with Gasteiger partial charge < -0.3 is 27.9 Å². The predicted octanol–water partition coefficient (Wildman–Crippen LogP) is 37.8. The molecular weight excluding hydrogens is 1790 g/mol. The Morgan fingerprint density at radius 1 is 0.360 bits per heavy atom. The van der Waals surface area contributed by atoms with Crippen LogP contribution < -0.4 is 18.9 Å². The highest BCUT2D eigenvalue weighted by Gasteiger charge is 2.06. The van der Waals surface area contributed by atoms with Crippen LogP contribution in [0.15, 0.2) is 295 Å². The molecule has 0 aliphatic heterocycles. The third-order valence-electron chi connectivity index (χ3n) is 22.8. The Hall–Kier alpha value is -10.6. The molecule has 3 aromatic heterocycles. The van der Waals surface area contributed by atoms with Gasteiger partial charge in [0.2, 0.25) is 0 Å². The number of furan rings is 1. The van der Waals surface area contributed by atoms with E-state index in [2.05, 4.69) is 267 Å². The molecule has 0 saturated carbocycles. The maximum absolute atomic E-state index is 10.3. The molecule has 10 aromatic carbocycles. The number of nitriles is 1. The number of rotatable bonds is 37. The molecule has 14 heteroatoms. The first-order valence-corrected chi connectivity index (χ1v) is 53.4. The van der Waals surface area contributed by atoms with Crippen molar-refractivity contribution in [2.75, 3.05) is 27.9 Å². The van der Waals surface area contributed by atoms with Crippen molar-refractivity contribution in [3.8, 4) is 29.1 Å². The highest BCUT2D eigenvalue weighted by Crippen LogP contribution is 2.28. The lowest BCUT2D eigenvalue weighted by Gasteiger charge is -2.07. The summed E-state index contributed by atoms with van der Waals surface area (Å²) < 4.78 is 28.1. The molecular formula is C125H172Cl3N3O7S. The first-order chi connectivity index (χ1) is 67.6. The second-order valence-electron chi connectivity index (χ2n) is 33.2. The summed E-state index contributed by atoms with van der Waals surface area (Å²) in [6, 6.07) is 93.3. The van der Waals surface area contributed by atoms with E-state index in [-0.39, 0.29) is 10.6 Å². The summed E-state index contributed by atoms with van der Waals surface area (Å²) in [6.07, 6.45) is 42.1. The normalized spacial score (nSPS) is 9.80. The van der Waals surface area contributed by atoms with Gasteiger partial charge in [-0.1, -0.05) is 393 Å². The van der Waals surface area contributed by atoms with Crippen LogP contribution in [0.1, 0.15) is 302 Å². The van der Waals surface area contributed by atoms with Crippen molar-refractivity contribution >= 4 is 51.8 Å². The number of nitro groups is 1. The molecule has 0 radical (unpaired) electrons. The number of non-ortho nitro benzene ring substituents is 1. The number of aryl methyl sites for hydroxylation is 16. The molecule has 0 aliphatic rings. The van der Waals surface area contributed by atoms with Gasteiger partial charge in [-0.15, -0.1) is 11.3 Å². The van der Waals surface area contributed by atoms with Crippen LogP contribution in [0.4, 0.5) is 5.69 Å². The van der Waals surface area contributed by atoms with E-state index in [1.807, 2.05) is 134 Å². The maximum atomic E-state index is 10.3. The number of halogens is 3. The number of nitrogens with zero attached hydrogens (tertiary/aromatic N) is 3. The van der Waals surface area contributed by atoms with Gasteiger partial charge >= 0.3 is 0 Å². The van der Waals surface area contributed by atoms with Crippen LogP contribution in [0.3, 0.4) is 0 Å². The molecule has 0 fully saturated rings. The smallest absolute Gasteiger partial charge is 0.269 e. The van der Waals surface area contributed by atoms with Crippen LogP contribution in [0.2, 0.25) is 15.1 Å². The minimum Gasteiger partial charge on any atom is -0.497 e. The van der Waals surface area contributed by atoms with E-state index >= 15 is 0 Å². The van der Waals surface area contributed by atoms with Crippen LogP contribution >= 0.6 is 46.1 Å². The van der Waals surface area contributed by atoms with Gasteiger partial charge in [-0.2, -0.15) is 5.26 Å². The molecule has 13 aromatic rings. The number of thiophene rings is 1. The van der Waals surface area contributed by atoms with Crippen molar-refractivity contribution in [2.24, 2.45) is 7.05 Å². The van der Waals surface area contributed by atoms with Crippen LogP contribution in [-0.2, 0) is 103 Å². The Labute approximate surface area is 862 Å². The van der Waals surface area contributed by atoms with E-state index in [1.54, 1.807) is 45.8 Å². The van der Waals surface area contributed by atoms with Crippen LogP contribution in [0.5, 0.6) is 23.0 Å². The fourth-order valence-electron chi connectivity index (χ4n) is 13.5. The third-order valence-corrected chi connectivity index (χ3v) is 24.6. The number of methoxy groups -OCH3 is 3. The van der Waals surface area contributed by atoms with Gasteiger partial charge in [0.05, 0.1) is 50.8 Å². The second-order valence-corrected chi connectivity index (χ2v) is 35.5. The predicted molar refractivity (Wildman–Crippen MR) is 605 cm³/mol. The number of nitro benzene ring substituents is 1. The monoisotopic (exact) mass is 1960 g/mol. The number of aromatic nitrogens is 1. The standard InChI is InChI=1S/C21H36.C14H22O.C11H16.C10H14O2.C9H9N.C9H12O.C8H8Cl2.C8H9Cl.C8H9NO2.C8H10.C7H11N.C6H8O.C6H8S/c1-3-5-6-7-8-9-10-11-12-13-14-15-21-18-16-20(4-2)17-19-21;1-3-5-6-7-12-15-14-10-8-13(4-2)9-11-14;1-3-5-11-8-6-10(4-2)7-9-11;1-4-8-5-6-9(11-2)10(7-8)12-3;1-2-8-3-5-9(7-10)6-4-8;1-3-8-4-6-9(10-2)7-5-8;1-2-6-3-4-7(9)5-8(6)10;1-2-7-3-5-8(9)6-4-7;1-2-7-4-3-5-8(6-7)9(10)11;1-2-8-6-4-3-5-7-8;1-3-7-5-4-6-8(7)2;2*1-2-6-4-3-5-7-6/h16-19H,3-15H2,1-2H3;8-11H,3-7,12H2,1-2H3;6-9H,3-5H2,1-2H3;5-7H,4H2,1-3H3;3-6H,2H2,1H3;4-7H,3H2,1-2H3;3-5H,2H2,1H3;3-6H,2H2,1H3;3-6H,2H2,1H3;3-7H,2H2,1H3;4-6H,3H2,1-2H3;2*3-5H,2H2,1H3. The first kappa shape index (κ1) is 126. The van der Waals surface area contributed by atoms with Crippen LogP contribution in [-0.4, -0.2) is 37.4 Å². The van der Waals surface area contributed by atoms with E-state index in [0.29, 0.717) is 5.02 Å². The van der Waals surface area contributed by atoms with Gasteiger partial charge in [-0.25, -0.2) is 0 Å². The van der Waals surface area contributed by atoms with Gasteiger partial charge in [0, 0.05) is 57.4 Å². The Kier molecular flexibility index (Phi) is 77.7. The van der Waals surface area contributed by atoms with E-state index in [9.17, 15) is 10.1 Å². The largest absolute Gasteiger partial charge is 0.497 e. The molecule has 0 bridgehead atoms. The zero-order valence-electron chi connectivity index (χ0n) is 88.6. The van der Waals surface area contributed by atoms with Crippen molar-refractivity contribution in [3.05, 3.63) is 405 Å². The highest BCUT2D eigenvalue weighted by atomic mass is 35.5.